The summed E-state index contributed by atoms with van der Waals surface area (Å²) in [7, 11) is 0. The first-order valence-corrected chi connectivity index (χ1v) is 9.96. The number of anilines is 1. The van der Waals surface area contributed by atoms with Gasteiger partial charge in [0.2, 0.25) is 0 Å². The Morgan fingerprint density at radius 2 is 1.89 bits per heavy atom. The molecule has 8 heteroatoms. The maximum Gasteiger partial charge on any atom is 0.255 e. The number of halogens is 2. The molecule has 3 aliphatic rings. The maximum atomic E-state index is 12.6. The summed E-state index contributed by atoms with van der Waals surface area (Å²) in [6.45, 7) is 6.87. The van der Waals surface area contributed by atoms with Crippen LogP contribution in [0.1, 0.15) is 23.2 Å². The van der Waals surface area contributed by atoms with Crippen molar-refractivity contribution in [3.8, 4) is 0 Å². The van der Waals surface area contributed by atoms with E-state index in [1.54, 1.807) is 4.90 Å². The summed E-state index contributed by atoms with van der Waals surface area (Å²) in [5.74, 6) is -0.00872. The molecule has 27 heavy (non-hydrogen) atoms. The number of morpholine rings is 1. The van der Waals surface area contributed by atoms with Crippen LogP contribution in [0.5, 0.6) is 0 Å². The average Bonchev–Trinajstić information content (AvgIpc) is 2.65. The van der Waals surface area contributed by atoms with Crippen molar-refractivity contribution >= 4 is 35.6 Å². The zero-order valence-electron chi connectivity index (χ0n) is 15.5. The van der Waals surface area contributed by atoms with Crippen LogP contribution in [0.2, 0.25) is 5.02 Å². The van der Waals surface area contributed by atoms with Crippen LogP contribution in [0, 0.1) is 0 Å². The Labute approximate surface area is 172 Å². The zero-order valence-corrected chi connectivity index (χ0v) is 17.0. The van der Waals surface area contributed by atoms with Crippen molar-refractivity contribution in [2.24, 2.45) is 0 Å². The van der Waals surface area contributed by atoms with E-state index >= 15 is 0 Å². The smallest absolute Gasteiger partial charge is 0.255 e. The summed E-state index contributed by atoms with van der Waals surface area (Å²) in [6.07, 6.45) is 2.49. The van der Waals surface area contributed by atoms with Crippen molar-refractivity contribution in [1.29, 1.82) is 0 Å². The van der Waals surface area contributed by atoms with Crippen LogP contribution in [0.25, 0.3) is 0 Å². The Morgan fingerprint density at radius 1 is 1.19 bits per heavy atom. The number of rotatable bonds is 4. The molecule has 0 spiro atoms. The number of ether oxygens (including phenoxy) is 1. The zero-order chi connectivity index (χ0) is 17.9. The lowest BCUT2D eigenvalue weighted by Crippen LogP contribution is -2.60. The normalized spacial score (nSPS) is 22.0. The minimum Gasteiger partial charge on any atom is -0.380 e. The fourth-order valence-corrected chi connectivity index (χ4v) is 4.29. The van der Waals surface area contributed by atoms with Gasteiger partial charge in [-0.15, -0.1) is 12.4 Å². The van der Waals surface area contributed by atoms with E-state index in [4.69, 9.17) is 16.3 Å². The molecular formula is C19H28Cl2N4O2. The molecule has 3 aliphatic heterocycles. The molecule has 0 saturated carbocycles. The quantitative estimate of drug-likeness (QED) is 0.789. The van der Waals surface area contributed by atoms with Crippen LogP contribution >= 0.6 is 24.0 Å². The van der Waals surface area contributed by atoms with Crippen LogP contribution in [0.3, 0.4) is 0 Å². The van der Waals surface area contributed by atoms with Gasteiger partial charge in [-0.3, -0.25) is 9.69 Å². The van der Waals surface area contributed by atoms with E-state index in [1.165, 1.54) is 12.8 Å². The Kier molecular flexibility index (Phi) is 7.22. The second kappa shape index (κ2) is 9.43. The van der Waals surface area contributed by atoms with Gasteiger partial charge in [0.15, 0.2) is 0 Å². The fourth-order valence-electron chi connectivity index (χ4n) is 4.02. The van der Waals surface area contributed by atoms with Gasteiger partial charge >= 0.3 is 0 Å². The first-order valence-electron chi connectivity index (χ1n) is 9.58. The number of carbonyl (C=O) groups excluding carboxylic acids is 1. The molecule has 0 atom stereocenters. The predicted octanol–water partition coefficient (Wildman–Crippen LogP) is 2.08. The number of piperidine rings is 1. The van der Waals surface area contributed by atoms with Crippen LogP contribution in [-0.2, 0) is 4.74 Å². The lowest BCUT2D eigenvalue weighted by atomic mass is 9.98. The summed E-state index contributed by atoms with van der Waals surface area (Å²) in [5.41, 5.74) is 1.56. The molecule has 1 aromatic rings. The van der Waals surface area contributed by atoms with E-state index in [9.17, 15) is 4.79 Å². The van der Waals surface area contributed by atoms with E-state index in [0.29, 0.717) is 42.9 Å². The number of hydrogen-bond donors (Lipinski definition) is 2. The van der Waals surface area contributed by atoms with Gasteiger partial charge in [-0.05, 0) is 44.1 Å². The molecule has 0 aliphatic carbocycles. The van der Waals surface area contributed by atoms with Gasteiger partial charge in [-0.1, -0.05) is 11.6 Å². The molecule has 6 nitrogen and oxygen atoms in total. The largest absolute Gasteiger partial charge is 0.380 e. The van der Waals surface area contributed by atoms with Gasteiger partial charge in [0.05, 0.1) is 29.8 Å². The van der Waals surface area contributed by atoms with E-state index in [2.05, 4.69) is 15.5 Å². The molecule has 3 heterocycles. The van der Waals surface area contributed by atoms with Gasteiger partial charge in [-0.25, -0.2) is 0 Å². The van der Waals surface area contributed by atoms with E-state index < -0.39 is 0 Å². The van der Waals surface area contributed by atoms with E-state index in [-0.39, 0.29) is 18.3 Å². The van der Waals surface area contributed by atoms with Crippen molar-refractivity contribution in [3.05, 3.63) is 28.8 Å². The third-order valence-corrected chi connectivity index (χ3v) is 5.92. The fraction of sp³-hybridized carbons (Fsp3) is 0.632. The summed E-state index contributed by atoms with van der Waals surface area (Å²) < 4.78 is 5.31. The van der Waals surface area contributed by atoms with Crippen LogP contribution in [-0.4, -0.2) is 80.3 Å². The van der Waals surface area contributed by atoms with Gasteiger partial charge in [-0.2, -0.15) is 0 Å². The topological polar surface area (TPSA) is 56.8 Å². The lowest BCUT2D eigenvalue weighted by Gasteiger charge is -2.46. The number of likely N-dealkylation sites (tertiary alicyclic amines) is 1. The molecule has 1 amide bonds. The first-order chi connectivity index (χ1) is 12.7. The van der Waals surface area contributed by atoms with Gasteiger partial charge in [0, 0.05) is 37.9 Å². The SMILES string of the molecule is Cl.O=C(c1ccc(NC2CN(C3CCNCC3)C2)cc1Cl)N1CCOCC1. The van der Waals surface area contributed by atoms with Crippen molar-refractivity contribution in [3.63, 3.8) is 0 Å². The second-order valence-corrected chi connectivity index (χ2v) is 7.78. The Bertz CT molecular complexity index is 643. The maximum absolute atomic E-state index is 12.6. The molecule has 2 N–H and O–H groups in total. The van der Waals surface area contributed by atoms with Gasteiger partial charge in [0.1, 0.15) is 0 Å². The number of hydrogen-bond acceptors (Lipinski definition) is 5. The Balaban J connectivity index is 0.00000210. The van der Waals surface area contributed by atoms with Crippen molar-refractivity contribution in [2.75, 3.05) is 57.8 Å². The Morgan fingerprint density at radius 3 is 2.56 bits per heavy atom. The monoisotopic (exact) mass is 414 g/mol. The average molecular weight is 415 g/mol. The highest BCUT2D eigenvalue weighted by molar-refractivity contribution is 6.34. The van der Waals surface area contributed by atoms with E-state index in [1.807, 2.05) is 18.2 Å². The molecule has 3 saturated heterocycles. The van der Waals surface area contributed by atoms with Crippen molar-refractivity contribution < 1.29 is 9.53 Å². The summed E-state index contributed by atoms with van der Waals surface area (Å²) in [4.78, 5) is 17.0. The van der Waals surface area contributed by atoms with Crippen LogP contribution in [0.15, 0.2) is 18.2 Å². The Hall–Kier alpha value is -1.05. The molecule has 0 bridgehead atoms. The van der Waals surface area contributed by atoms with Crippen molar-refractivity contribution in [2.45, 2.75) is 24.9 Å². The highest BCUT2D eigenvalue weighted by Crippen LogP contribution is 2.26. The van der Waals surface area contributed by atoms with Crippen molar-refractivity contribution in [1.82, 2.24) is 15.1 Å². The third kappa shape index (κ3) is 4.87. The molecule has 0 unspecified atom stereocenters. The predicted molar refractivity (Wildman–Crippen MR) is 110 cm³/mol. The first kappa shape index (κ1) is 20.7. The molecule has 4 rings (SSSR count). The number of carbonyl (C=O) groups is 1. The molecule has 1 aromatic carbocycles. The third-order valence-electron chi connectivity index (χ3n) is 5.60. The number of amides is 1. The van der Waals surface area contributed by atoms with Gasteiger partial charge in [0.25, 0.3) is 5.91 Å². The lowest BCUT2D eigenvalue weighted by molar-refractivity contribution is 0.0303. The second-order valence-electron chi connectivity index (χ2n) is 7.38. The van der Waals surface area contributed by atoms with Gasteiger partial charge < -0.3 is 20.3 Å². The van der Waals surface area contributed by atoms with Crippen LogP contribution < -0.4 is 10.6 Å². The standard InChI is InChI=1S/C19H27ClN4O2.ClH/c20-18-11-14(1-2-17(18)19(25)23-7-9-26-10-8-23)22-15-12-24(13-15)16-3-5-21-6-4-16;/h1-2,11,15-16,21-22H,3-10,12-13H2;1H. The molecule has 0 radical (unpaired) electrons. The summed E-state index contributed by atoms with van der Waals surface area (Å²) in [5, 5.41) is 7.48. The highest BCUT2D eigenvalue weighted by atomic mass is 35.5. The number of nitrogens with one attached hydrogen (secondary N) is 2. The minimum absolute atomic E-state index is 0. The minimum atomic E-state index is -0.00872. The molecular weight excluding hydrogens is 387 g/mol. The summed E-state index contributed by atoms with van der Waals surface area (Å²) in [6, 6.07) is 6.87. The molecule has 3 fully saturated rings. The molecule has 0 aromatic heterocycles. The molecule has 150 valence electrons. The number of benzene rings is 1. The van der Waals surface area contributed by atoms with Crippen LogP contribution in [0.4, 0.5) is 5.69 Å². The van der Waals surface area contributed by atoms with E-state index in [0.717, 1.165) is 37.9 Å². The highest BCUT2D eigenvalue weighted by Gasteiger charge is 2.32. The number of nitrogens with zero attached hydrogens (tertiary/aromatic N) is 2. The summed E-state index contributed by atoms with van der Waals surface area (Å²) >= 11 is 6.40.